The minimum atomic E-state index is -3.80. The van der Waals surface area contributed by atoms with Crippen LogP contribution in [0.3, 0.4) is 0 Å². The molecule has 0 unspecified atom stereocenters. The van der Waals surface area contributed by atoms with Crippen LogP contribution in [0.15, 0.2) is 83.8 Å². The summed E-state index contributed by atoms with van der Waals surface area (Å²) in [4.78, 5) is 12.7. The number of carbonyl (C=O) groups is 1. The molecular formula is C22H21ClN2O3S. The predicted octanol–water partition coefficient (Wildman–Crippen LogP) is 4.70. The first-order valence-electron chi connectivity index (χ1n) is 9.03. The van der Waals surface area contributed by atoms with E-state index in [1.807, 2.05) is 13.0 Å². The standard InChI is InChI=1S/C22H21ClN2O3S/c1-16-10-12-20(13-11-16)29(27,28)25-21(17-6-3-2-4-7-17)15-22(26)24-19-9-5-8-18(23)14-19/h2-14,21,25H,15H2,1H3,(H,24,26)/t21-/m0/s1. The van der Waals surface area contributed by atoms with E-state index in [-0.39, 0.29) is 17.2 Å². The summed E-state index contributed by atoms with van der Waals surface area (Å²) in [5, 5.41) is 3.26. The van der Waals surface area contributed by atoms with Gasteiger partial charge in [0.25, 0.3) is 0 Å². The van der Waals surface area contributed by atoms with Crippen LogP contribution >= 0.6 is 11.6 Å². The van der Waals surface area contributed by atoms with Gasteiger partial charge in [0.05, 0.1) is 10.9 Å². The van der Waals surface area contributed by atoms with Crippen molar-refractivity contribution >= 4 is 33.2 Å². The molecule has 7 heteroatoms. The highest BCUT2D eigenvalue weighted by atomic mass is 35.5. The summed E-state index contributed by atoms with van der Waals surface area (Å²) >= 11 is 5.95. The van der Waals surface area contributed by atoms with Crippen molar-refractivity contribution < 1.29 is 13.2 Å². The molecule has 0 saturated carbocycles. The number of sulfonamides is 1. The fraction of sp³-hybridized carbons (Fsp3) is 0.136. The van der Waals surface area contributed by atoms with Gasteiger partial charge >= 0.3 is 0 Å². The average molecular weight is 429 g/mol. The Morgan fingerprint density at radius 3 is 2.31 bits per heavy atom. The van der Waals surface area contributed by atoms with E-state index in [9.17, 15) is 13.2 Å². The predicted molar refractivity (Wildman–Crippen MR) is 115 cm³/mol. The lowest BCUT2D eigenvalue weighted by Crippen LogP contribution is -2.31. The molecule has 2 N–H and O–H groups in total. The number of amides is 1. The summed E-state index contributed by atoms with van der Waals surface area (Å²) in [7, 11) is -3.80. The number of benzene rings is 3. The fourth-order valence-electron chi connectivity index (χ4n) is 2.85. The fourth-order valence-corrected chi connectivity index (χ4v) is 4.26. The van der Waals surface area contributed by atoms with Crippen molar-refractivity contribution in [2.24, 2.45) is 0 Å². The summed E-state index contributed by atoms with van der Waals surface area (Å²) < 4.78 is 28.4. The first kappa shape index (κ1) is 21.0. The molecule has 3 aromatic carbocycles. The van der Waals surface area contributed by atoms with Crippen molar-refractivity contribution in [1.82, 2.24) is 4.72 Å². The molecular weight excluding hydrogens is 408 g/mol. The molecule has 0 aliphatic carbocycles. The number of hydrogen-bond donors (Lipinski definition) is 2. The van der Waals surface area contributed by atoms with E-state index in [2.05, 4.69) is 10.0 Å². The molecule has 3 rings (SSSR count). The van der Waals surface area contributed by atoms with Crippen LogP contribution in [-0.2, 0) is 14.8 Å². The van der Waals surface area contributed by atoms with Crippen LogP contribution in [0, 0.1) is 6.92 Å². The van der Waals surface area contributed by atoms with Gasteiger partial charge in [-0.15, -0.1) is 0 Å². The maximum absolute atomic E-state index is 12.9. The SMILES string of the molecule is Cc1ccc(S(=O)(=O)N[C@@H](CC(=O)Nc2cccc(Cl)c2)c2ccccc2)cc1. The van der Waals surface area contributed by atoms with Gasteiger partial charge in [0, 0.05) is 17.1 Å². The van der Waals surface area contributed by atoms with Gasteiger partial charge in [-0.25, -0.2) is 13.1 Å². The van der Waals surface area contributed by atoms with Crippen LogP contribution in [-0.4, -0.2) is 14.3 Å². The maximum Gasteiger partial charge on any atom is 0.241 e. The number of rotatable bonds is 7. The number of aryl methyl sites for hydroxylation is 1. The van der Waals surface area contributed by atoms with E-state index < -0.39 is 16.1 Å². The first-order valence-corrected chi connectivity index (χ1v) is 10.9. The molecule has 29 heavy (non-hydrogen) atoms. The van der Waals surface area contributed by atoms with Gasteiger partial charge in [-0.1, -0.05) is 65.7 Å². The first-order chi connectivity index (χ1) is 13.8. The Labute approximate surface area is 175 Å². The monoisotopic (exact) mass is 428 g/mol. The molecule has 0 aliphatic rings. The Kier molecular flexibility index (Phi) is 6.69. The van der Waals surface area contributed by atoms with Crippen molar-refractivity contribution in [3.05, 3.63) is 95.0 Å². The lowest BCUT2D eigenvalue weighted by molar-refractivity contribution is -0.116. The Bertz CT molecular complexity index is 1080. The Hall–Kier alpha value is -2.67. The van der Waals surface area contributed by atoms with Crippen molar-refractivity contribution in [2.45, 2.75) is 24.3 Å². The summed E-state index contributed by atoms with van der Waals surface area (Å²) in [6.45, 7) is 1.89. The van der Waals surface area contributed by atoms with Crippen molar-refractivity contribution in [3.8, 4) is 0 Å². The van der Waals surface area contributed by atoms with E-state index in [0.717, 1.165) is 5.56 Å². The number of halogens is 1. The highest BCUT2D eigenvalue weighted by Gasteiger charge is 2.23. The number of nitrogens with one attached hydrogen (secondary N) is 2. The van der Waals surface area contributed by atoms with Gasteiger partial charge in [-0.05, 0) is 42.8 Å². The Balaban J connectivity index is 1.81. The lowest BCUT2D eigenvalue weighted by Gasteiger charge is -2.19. The highest BCUT2D eigenvalue weighted by molar-refractivity contribution is 7.89. The molecule has 150 valence electrons. The van der Waals surface area contributed by atoms with Gasteiger partial charge in [-0.3, -0.25) is 4.79 Å². The van der Waals surface area contributed by atoms with E-state index in [1.165, 1.54) is 0 Å². The van der Waals surface area contributed by atoms with E-state index in [1.54, 1.807) is 72.8 Å². The molecule has 5 nitrogen and oxygen atoms in total. The lowest BCUT2D eigenvalue weighted by atomic mass is 10.0. The third-order valence-corrected chi connectivity index (χ3v) is 6.05. The molecule has 0 aliphatic heterocycles. The molecule has 0 radical (unpaired) electrons. The van der Waals surface area contributed by atoms with Crippen molar-refractivity contribution in [3.63, 3.8) is 0 Å². The molecule has 0 spiro atoms. The summed E-state index contributed by atoms with van der Waals surface area (Å²) in [5.74, 6) is -0.326. The third-order valence-electron chi connectivity index (χ3n) is 4.33. The minimum Gasteiger partial charge on any atom is -0.326 e. The highest BCUT2D eigenvalue weighted by Crippen LogP contribution is 2.22. The number of hydrogen-bond acceptors (Lipinski definition) is 3. The average Bonchev–Trinajstić information content (AvgIpc) is 2.68. The second kappa shape index (κ2) is 9.22. The Morgan fingerprint density at radius 1 is 0.966 bits per heavy atom. The normalized spacial score (nSPS) is 12.3. The topological polar surface area (TPSA) is 75.3 Å². The number of carbonyl (C=O) groups excluding carboxylic acids is 1. The summed E-state index contributed by atoms with van der Waals surface area (Å²) in [6.07, 6.45) is -0.0678. The quantitative estimate of drug-likeness (QED) is 0.572. The van der Waals surface area contributed by atoms with Gasteiger partial charge < -0.3 is 5.32 Å². The minimum absolute atomic E-state index is 0.0678. The second-order valence-corrected chi connectivity index (χ2v) is 8.81. The zero-order valence-corrected chi connectivity index (χ0v) is 17.4. The smallest absolute Gasteiger partial charge is 0.241 e. The van der Waals surface area contributed by atoms with Crippen molar-refractivity contribution in [2.75, 3.05) is 5.32 Å². The third kappa shape index (κ3) is 5.90. The van der Waals surface area contributed by atoms with Crippen LogP contribution < -0.4 is 10.0 Å². The molecule has 1 amide bonds. The van der Waals surface area contributed by atoms with Gasteiger partial charge in [0.15, 0.2) is 0 Å². The largest absolute Gasteiger partial charge is 0.326 e. The van der Waals surface area contributed by atoms with E-state index in [0.29, 0.717) is 16.3 Å². The molecule has 0 heterocycles. The molecule has 0 fully saturated rings. The van der Waals surface area contributed by atoms with Crippen LogP contribution in [0.1, 0.15) is 23.6 Å². The summed E-state index contributed by atoms with van der Waals surface area (Å²) in [5.41, 5.74) is 2.21. The molecule has 0 saturated heterocycles. The second-order valence-electron chi connectivity index (χ2n) is 6.66. The maximum atomic E-state index is 12.9. The molecule has 3 aromatic rings. The van der Waals surface area contributed by atoms with Crippen LogP contribution in [0.4, 0.5) is 5.69 Å². The zero-order valence-electron chi connectivity index (χ0n) is 15.8. The van der Waals surface area contributed by atoms with Crippen LogP contribution in [0.5, 0.6) is 0 Å². The van der Waals surface area contributed by atoms with Gasteiger partial charge in [0.2, 0.25) is 15.9 Å². The van der Waals surface area contributed by atoms with Crippen LogP contribution in [0.2, 0.25) is 5.02 Å². The Morgan fingerprint density at radius 2 is 1.66 bits per heavy atom. The molecule has 0 aromatic heterocycles. The molecule has 1 atom stereocenters. The van der Waals surface area contributed by atoms with E-state index >= 15 is 0 Å². The van der Waals surface area contributed by atoms with E-state index in [4.69, 9.17) is 11.6 Å². The van der Waals surface area contributed by atoms with Crippen LogP contribution in [0.25, 0.3) is 0 Å². The van der Waals surface area contributed by atoms with Crippen molar-refractivity contribution in [1.29, 1.82) is 0 Å². The molecule has 0 bridgehead atoms. The number of anilines is 1. The van der Waals surface area contributed by atoms with Gasteiger partial charge in [0.1, 0.15) is 0 Å². The zero-order chi connectivity index (χ0) is 20.9. The summed E-state index contributed by atoms with van der Waals surface area (Å²) in [6, 6.07) is 21.6. The van der Waals surface area contributed by atoms with Gasteiger partial charge in [-0.2, -0.15) is 0 Å².